The van der Waals surface area contributed by atoms with Crippen LogP contribution in [0, 0.1) is 17.8 Å². The fourth-order valence-electron chi connectivity index (χ4n) is 3.19. The highest BCUT2D eigenvalue weighted by atomic mass is 16.2. The van der Waals surface area contributed by atoms with Crippen LogP contribution >= 0.6 is 0 Å². The van der Waals surface area contributed by atoms with Gasteiger partial charge in [0, 0.05) is 20.1 Å². The number of hydrogen-bond donors (Lipinski definition) is 1. The molecule has 3 nitrogen and oxygen atoms in total. The van der Waals surface area contributed by atoms with Gasteiger partial charge in [0.25, 0.3) is 0 Å². The summed E-state index contributed by atoms with van der Waals surface area (Å²) >= 11 is 0. The Morgan fingerprint density at radius 1 is 1.26 bits per heavy atom. The summed E-state index contributed by atoms with van der Waals surface area (Å²) in [5.74, 6) is 2.27. The summed E-state index contributed by atoms with van der Waals surface area (Å²) in [5, 5.41) is 3.65. The molecule has 1 rings (SSSR count). The van der Waals surface area contributed by atoms with Crippen molar-refractivity contribution >= 4 is 5.91 Å². The Balaban J connectivity index is 2.63. The third kappa shape index (κ3) is 5.13. The van der Waals surface area contributed by atoms with E-state index in [9.17, 15) is 4.79 Å². The third-order valence-corrected chi connectivity index (χ3v) is 4.29. The van der Waals surface area contributed by atoms with E-state index in [-0.39, 0.29) is 11.9 Å². The van der Waals surface area contributed by atoms with Crippen molar-refractivity contribution in [1.82, 2.24) is 10.2 Å². The molecule has 1 aliphatic carbocycles. The maximum absolute atomic E-state index is 12.3. The molecular weight excluding hydrogens is 236 g/mol. The van der Waals surface area contributed by atoms with Crippen LogP contribution in [0.15, 0.2) is 0 Å². The van der Waals surface area contributed by atoms with Crippen LogP contribution in [0.4, 0.5) is 0 Å². The number of amides is 1. The largest absolute Gasteiger partial charge is 0.347 e. The van der Waals surface area contributed by atoms with Crippen molar-refractivity contribution in [2.75, 3.05) is 14.1 Å². The lowest BCUT2D eigenvalue weighted by atomic mass is 9.79. The van der Waals surface area contributed by atoms with E-state index in [0.717, 1.165) is 12.3 Å². The van der Waals surface area contributed by atoms with Crippen LogP contribution in [0.2, 0.25) is 0 Å². The first-order valence-corrected chi connectivity index (χ1v) is 7.78. The van der Waals surface area contributed by atoms with Crippen LogP contribution < -0.4 is 5.32 Å². The van der Waals surface area contributed by atoms with Gasteiger partial charge in [-0.25, -0.2) is 0 Å². The summed E-state index contributed by atoms with van der Waals surface area (Å²) in [6, 6.07) is 0.486. The van der Waals surface area contributed by atoms with Gasteiger partial charge in [-0.15, -0.1) is 0 Å². The fraction of sp³-hybridized carbons (Fsp3) is 0.938. The van der Waals surface area contributed by atoms with Crippen LogP contribution in [0.1, 0.15) is 53.4 Å². The molecule has 3 heteroatoms. The Morgan fingerprint density at radius 3 is 2.37 bits per heavy atom. The van der Waals surface area contributed by atoms with E-state index in [0.29, 0.717) is 17.9 Å². The van der Waals surface area contributed by atoms with E-state index in [4.69, 9.17) is 0 Å². The molecule has 0 aromatic heterocycles. The normalized spacial score (nSPS) is 29.3. The van der Waals surface area contributed by atoms with E-state index < -0.39 is 0 Å². The Hall–Kier alpha value is -0.570. The van der Waals surface area contributed by atoms with Crippen molar-refractivity contribution in [3.8, 4) is 0 Å². The molecule has 4 atom stereocenters. The summed E-state index contributed by atoms with van der Waals surface area (Å²) in [6.45, 7) is 9.02. The van der Waals surface area contributed by atoms with Gasteiger partial charge in [-0.1, -0.05) is 27.7 Å². The zero-order valence-electron chi connectivity index (χ0n) is 13.6. The summed E-state index contributed by atoms with van der Waals surface area (Å²) in [6.07, 6.45) is 4.70. The molecule has 19 heavy (non-hydrogen) atoms. The average Bonchev–Trinajstić information content (AvgIpc) is 2.29. The van der Waals surface area contributed by atoms with Gasteiger partial charge in [-0.2, -0.15) is 0 Å². The van der Waals surface area contributed by atoms with Gasteiger partial charge >= 0.3 is 0 Å². The molecule has 1 amide bonds. The highest BCUT2D eigenvalue weighted by Crippen LogP contribution is 2.29. The SMILES string of the molecule is CC(C)CC(NC1CCC(C)CC1C)C(=O)N(C)C. The average molecular weight is 268 g/mol. The zero-order valence-corrected chi connectivity index (χ0v) is 13.6. The maximum Gasteiger partial charge on any atom is 0.239 e. The van der Waals surface area contributed by atoms with E-state index >= 15 is 0 Å². The molecule has 0 spiro atoms. The molecule has 0 aromatic carbocycles. The first-order valence-electron chi connectivity index (χ1n) is 7.78. The van der Waals surface area contributed by atoms with Gasteiger partial charge in [0.15, 0.2) is 0 Å². The maximum atomic E-state index is 12.3. The van der Waals surface area contributed by atoms with Crippen LogP contribution in [0.25, 0.3) is 0 Å². The Labute approximate surface area is 119 Å². The molecule has 1 saturated carbocycles. The number of nitrogens with zero attached hydrogens (tertiary/aromatic N) is 1. The van der Waals surface area contributed by atoms with Crippen LogP contribution in [0.5, 0.6) is 0 Å². The second kappa shape index (κ2) is 7.28. The lowest BCUT2D eigenvalue weighted by molar-refractivity contribution is -0.131. The quantitative estimate of drug-likeness (QED) is 0.831. The van der Waals surface area contributed by atoms with Gasteiger partial charge < -0.3 is 10.2 Å². The van der Waals surface area contributed by atoms with Gasteiger partial charge in [-0.05, 0) is 43.4 Å². The Kier molecular flexibility index (Phi) is 6.31. The fourth-order valence-corrected chi connectivity index (χ4v) is 3.19. The van der Waals surface area contributed by atoms with Gasteiger partial charge in [0.05, 0.1) is 6.04 Å². The van der Waals surface area contributed by atoms with Crippen molar-refractivity contribution < 1.29 is 4.79 Å². The number of carbonyl (C=O) groups is 1. The number of likely N-dealkylation sites (N-methyl/N-ethyl adjacent to an activating group) is 1. The van der Waals surface area contributed by atoms with E-state index in [2.05, 4.69) is 33.0 Å². The number of rotatable bonds is 5. The zero-order chi connectivity index (χ0) is 14.6. The van der Waals surface area contributed by atoms with Gasteiger partial charge in [-0.3, -0.25) is 4.79 Å². The Bertz CT molecular complexity index is 288. The molecule has 0 bridgehead atoms. The summed E-state index contributed by atoms with van der Waals surface area (Å²) in [5.41, 5.74) is 0. The third-order valence-electron chi connectivity index (χ3n) is 4.29. The molecule has 1 N–H and O–H groups in total. The first-order chi connectivity index (χ1) is 8.81. The topological polar surface area (TPSA) is 32.3 Å². The minimum atomic E-state index is -0.0177. The van der Waals surface area contributed by atoms with Crippen molar-refractivity contribution in [3.05, 3.63) is 0 Å². The summed E-state index contributed by atoms with van der Waals surface area (Å²) < 4.78 is 0. The van der Waals surface area contributed by atoms with Gasteiger partial charge in [0.2, 0.25) is 5.91 Å². The van der Waals surface area contributed by atoms with Crippen LogP contribution in [-0.2, 0) is 4.79 Å². The molecular formula is C16H32N2O. The number of nitrogens with one attached hydrogen (secondary N) is 1. The van der Waals surface area contributed by atoms with Crippen LogP contribution in [-0.4, -0.2) is 37.0 Å². The standard InChI is InChI=1S/C16H32N2O/c1-11(2)9-15(16(19)18(5)6)17-14-8-7-12(3)10-13(14)4/h11-15,17H,7-10H2,1-6H3. The van der Waals surface area contributed by atoms with Crippen molar-refractivity contribution in [2.24, 2.45) is 17.8 Å². The highest BCUT2D eigenvalue weighted by molar-refractivity contribution is 5.81. The molecule has 0 saturated heterocycles. The minimum Gasteiger partial charge on any atom is -0.347 e. The number of carbonyl (C=O) groups excluding carboxylic acids is 1. The molecule has 0 radical (unpaired) electrons. The predicted molar refractivity (Wildman–Crippen MR) is 81.0 cm³/mol. The second-order valence-corrected chi connectivity index (χ2v) is 7.08. The highest BCUT2D eigenvalue weighted by Gasteiger charge is 2.30. The van der Waals surface area contributed by atoms with Gasteiger partial charge in [0.1, 0.15) is 0 Å². The summed E-state index contributed by atoms with van der Waals surface area (Å²) in [7, 11) is 3.70. The van der Waals surface area contributed by atoms with E-state index in [1.54, 1.807) is 4.90 Å². The Morgan fingerprint density at radius 2 is 1.89 bits per heavy atom. The van der Waals surface area contributed by atoms with E-state index in [1.807, 2.05) is 14.1 Å². The molecule has 0 aromatic rings. The molecule has 1 aliphatic rings. The number of hydrogen-bond acceptors (Lipinski definition) is 2. The first kappa shape index (κ1) is 16.5. The van der Waals surface area contributed by atoms with Crippen molar-refractivity contribution in [3.63, 3.8) is 0 Å². The monoisotopic (exact) mass is 268 g/mol. The summed E-state index contributed by atoms with van der Waals surface area (Å²) in [4.78, 5) is 14.0. The molecule has 4 unspecified atom stereocenters. The second-order valence-electron chi connectivity index (χ2n) is 7.08. The molecule has 1 fully saturated rings. The van der Waals surface area contributed by atoms with E-state index in [1.165, 1.54) is 19.3 Å². The lowest BCUT2D eigenvalue weighted by Gasteiger charge is -2.36. The molecule has 0 heterocycles. The van der Waals surface area contributed by atoms with Crippen LogP contribution in [0.3, 0.4) is 0 Å². The lowest BCUT2D eigenvalue weighted by Crippen LogP contribution is -2.51. The smallest absolute Gasteiger partial charge is 0.239 e. The van der Waals surface area contributed by atoms with Crippen molar-refractivity contribution in [2.45, 2.75) is 65.5 Å². The minimum absolute atomic E-state index is 0.0177. The molecule has 112 valence electrons. The molecule has 0 aliphatic heterocycles. The predicted octanol–water partition coefficient (Wildman–Crippen LogP) is 2.90. The van der Waals surface area contributed by atoms with Crippen molar-refractivity contribution in [1.29, 1.82) is 0 Å².